The predicted molar refractivity (Wildman–Crippen MR) is 160 cm³/mol. The number of rotatable bonds is 11. The van der Waals surface area contributed by atoms with Gasteiger partial charge in [0.25, 0.3) is 5.91 Å². The fourth-order valence-corrected chi connectivity index (χ4v) is 7.28. The van der Waals surface area contributed by atoms with E-state index in [2.05, 4.69) is 16.0 Å². The zero-order valence-electron chi connectivity index (χ0n) is 23.6. The summed E-state index contributed by atoms with van der Waals surface area (Å²) in [6, 6.07) is 20.1. The molecule has 7 nitrogen and oxygen atoms in total. The van der Waals surface area contributed by atoms with E-state index in [-0.39, 0.29) is 22.3 Å². The molecule has 0 aromatic heterocycles. The SMILES string of the molecule is CSc1ccc(S(=O)(=O)C[C@@H]2C[C@H](NCc3ccccc3)CC[C@@H]2NC(=O)CNC(=O)c2cccc(C(F)(F)F)c2)cc1. The molecule has 0 heterocycles. The van der Waals surface area contributed by atoms with Gasteiger partial charge in [0.1, 0.15) is 0 Å². The molecule has 2 amide bonds. The predicted octanol–water partition coefficient (Wildman–Crippen LogP) is 5.07. The highest BCUT2D eigenvalue weighted by atomic mass is 32.2. The molecule has 0 saturated heterocycles. The van der Waals surface area contributed by atoms with Crippen molar-refractivity contribution in [2.45, 2.75) is 53.9 Å². The third-order valence-corrected chi connectivity index (χ3v) is 10.1. The quantitative estimate of drug-likeness (QED) is 0.255. The van der Waals surface area contributed by atoms with Gasteiger partial charge in [-0.05, 0) is 79.5 Å². The van der Waals surface area contributed by atoms with Crippen molar-refractivity contribution in [2.24, 2.45) is 5.92 Å². The molecule has 0 radical (unpaired) electrons. The molecule has 12 heteroatoms. The van der Waals surface area contributed by atoms with Crippen molar-refractivity contribution in [1.29, 1.82) is 0 Å². The van der Waals surface area contributed by atoms with Crippen LogP contribution in [0.1, 0.15) is 40.7 Å². The van der Waals surface area contributed by atoms with Crippen molar-refractivity contribution in [3.63, 3.8) is 0 Å². The number of carbonyl (C=O) groups is 2. The number of nitrogens with one attached hydrogen (secondary N) is 3. The van der Waals surface area contributed by atoms with Crippen LogP contribution in [-0.2, 0) is 27.4 Å². The van der Waals surface area contributed by atoms with Crippen molar-refractivity contribution in [3.05, 3.63) is 95.6 Å². The molecule has 1 aliphatic carbocycles. The number of thioether (sulfide) groups is 1. The van der Waals surface area contributed by atoms with Gasteiger partial charge < -0.3 is 16.0 Å². The molecule has 3 atom stereocenters. The Morgan fingerprint density at radius 1 is 0.953 bits per heavy atom. The monoisotopic (exact) mass is 633 g/mol. The molecule has 0 bridgehead atoms. The molecule has 4 rings (SSSR count). The number of carbonyl (C=O) groups excluding carboxylic acids is 2. The smallest absolute Gasteiger partial charge is 0.352 e. The molecule has 3 N–H and O–H groups in total. The van der Waals surface area contributed by atoms with E-state index in [4.69, 9.17) is 0 Å². The fraction of sp³-hybridized carbons (Fsp3) is 0.355. The molecular weight excluding hydrogens is 599 g/mol. The minimum Gasteiger partial charge on any atom is -0.352 e. The second kappa shape index (κ2) is 14.4. The third kappa shape index (κ3) is 9.32. The molecule has 3 aromatic rings. The Hall–Kier alpha value is -3.35. The van der Waals surface area contributed by atoms with Crippen molar-refractivity contribution in [2.75, 3.05) is 18.6 Å². The van der Waals surface area contributed by atoms with Crippen LogP contribution in [0.5, 0.6) is 0 Å². The first-order chi connectivity index (χ1) is 20.4. The van der Waals surface area contributed by atoms with Crippen LogP contribution in [0.2, 0.25) is 0 Å². The largest absolute Gasteiger partial charge is 0.416 e. The summed E-state index contributed by atoms with van der Waals surface area (Å²) in [7, 11) is -3.67. The van der Waals surface area contributed by atoms with Gasteiger partial charge in [0.2, 0.25) is 5.91 Å². The van der Waals surface area contributed by atoms with E-state index in [1.165, 1.54) is 17.8 Å². The highest BCUT2D eigenvalue weighted by Crippen LogP contribution is 2.30. The summed E-state index contributed by atoms with van der Waals surface area (Å²) in [6.07, 6.45) is -0.965. The molecule has 1 fully saturated rings. The Labute approximate surface area is 254 Å². The molecule has 1 aliphatic rings. The lowest BCUT2D eigenvalue weighted by Crippen LogP contribution is -2.51. The van der Waals surface area contributed by atoms with Gasteiger partial charge in [-0.15, -0.1) is 11.8 Å². The average Bonchev–Trinajstić information content (AvgIpc) is 3.00. The Bertz CT molecular complexity index is 1500. The Balaban J connectivity index is 1.42. The molecule has 43 heavy (non-hydrogen) atoms. The summed E-state index contributed by atoms with van der Waals surface area (Å²) in [5.74, 6) is -1.94. The molecule has 0 aliphatic heterocycles. The van der Waals surface area contributed by atoms with Gasteiger partial charge in [0.05, 0.1) is 22.8 Å². The second-order valence-electron chi connectivity index (χ2n) is 10.5. The van der Waals surface area contributed by atoms with Crippen LogP contribution >= 0.6 is 11.8 Å². The first-order valence-corrected chi connectivity index (χ1v) is 16.7. The van der Waals surface area contributed by atoms with Crippen LogP contribution in [-0.4, -0.2) is 50.9 Å². The van der Waals surface area contributed by atoms with Crippen molar-refractivity contribution in [3.8, 4) is 0 Å². The Kier molecular flexibility index (Phi) is 10.9. The van der Waals surface area contributed by atoms with Crippen LogP contribution in [0.15, 0.2) is 88.7 Å². The van der Waals surface area contributed by atoms with Crippen molar-refractivity contribution in [1.82, 2.24) is 16.0 Å². The lowest BCUT2D eigenvalue weighted by molar-refractivity contribution is -0.137. The number of sulfone groups is 1. The zero-order chi connectivity index (χ0) is 31.0. The normalized spacial score (nSPS) is 19.0. The first-order valence-electron chi connectivity index (χ1n) is 13.8. The molecule has 230 valence electrons. The lowest BCUT2D eigenvalue weighted by Gasteiger charge is -2.37. The van der Waals surface area contributed by atoms with Gasteiger partial charge in [-0.2, -0.15) is 13.2 Å². The van der Waals surface area contributed by atoms with Gasteiger partial charge >= 0.3 is 6.18 Å². The van der Waals surface area contributed by atoms with Crippen LogP contribution in [0, 0.1) is 5.92 Å². The molecule has 3 aromatic carbocycles. The average molecular weight is 634 g/mol. The van der Waals surface area contributed by atoms with E-state index < -0.39 is 51.9 Å². The number of amides is 2. The Morgan fingerprint density at radius 3 is 2.35 bits per heavy atom. The minimum absolute atomic E-state index is 0.0352. The van der Waals surface area contributed by atoms with E-state index in [0.717, 1.165) is 28.7 Å². The molecule has 0 spiro atoms. The number of alkyl halides is 3. The highest BCUT2D eigenvalue weighted by molar-refractivity contribution is 7.98. The highest BCUT2D eigenvalue weighted by Gasteiger charge is 2.35. The van der Waals surface area contributed by atoms with Gasteiger partial charge in [-0.3, -0.25) is 9.59 Å². The number of hydrogen-bond acceptors (Lipinski definition) is 6. The van der Waals surface area contributed by atoms with E-state index >= 15 is 0 Å². The van der Waals surface area contributed by atoms with Crippen LogP contribution in [0.25, 0.3) is 0 Å². The maximum atomic E-state index is 13.4. The number of benzene rings is 3. The fourth-order valence-electron chi connectivity index (χ4n) is 5.20. The Morgan fingerprint density at radius 2 is 1.67 bits per heavy atom. The van der Waals surface area contributed by atoms with Crippen molar-refractivity contribution < 1.29 is 31.2 Å². The number of hydrogen-bond donors (Lipinski definition) is 3. The summed E-state index contributed by atoms with van der Waals surface area (Å²) in [4.78, 5) is 26.5. The van der Waals surface area contributed by atoms with E-state index in [0.29, 0.717) is 25.8 Å². The standard InChI is InChI=1S/C31H34F3N3O4S2/c1-42-26-11-13-27(14-12-26)43(40,41)20-23-17-25(35-18-21-6-3-2-4-7-21)10-15-28(23)37-29(38)19-36-30(39)22-8-5-9-24(16-22)31(32,33)34/h2-9,11-14,16,23,25,28,35H,10,15,17-20H2,1H3,(H,36,39)(H,37,38)/t23-,25+,28-/m0/s1. The lowest BCUT2D eigenvalue weighted by atomic mass is 9.82. The summed E-state index contributed by atoms with van der Waals surface area (Å²) in [5, 5.41) is 8.74. The van der Waals surface area contributed by atoms with Crippen LogP contribution in [0.3, 0.4) is 0 Å². The first kappa shape index (κ1) is 32.6. The number of halogens is 3. The van der Waals surface area contributed by atoms with Gasteiger partial charge in [-0.25, -0.2) is 8.42 Å². The summed E-state index contributed by atoms with van der Waals surface area (Å²) < 4.78 is 65.9. The molecular formula is C31H34F3N3O4S2. The van der Waals surface area contributed by atoms with E-state index in [1.54, 1.807) is 24.3 Å². The summed E-state index contributed by atoms with van der Waals surface area (Å²) in [5.41, 5.74) is -0.0778. The van der Waals surface area contributed by atoms with Crippen molar-refractivity contribution >= 4 is 33.4 Å². The summed E-state index contributed by atoms with van der Waals surface area (Å²) in [6.45, 7) is 0.163. The molecule has 0 unspecified atom stereocenters. The van der Waals surface area contributed by atoms with Crippen LogP contribution < -0.4 is 16.0 Å². The van der Waals surface area contributed by atoms with E-state index in [1.807, 2.05) is 36.6 Å². The maximum Gasteiger partial charge on any atom is 0.416 e. The molecule has 1 saturated carbocycles. The van der Waals surface area contributed by atoms with Gasteiger partial charge in [0.15, 0.2) is 9.84 Å². The summed E-state index contributed by atoms with van der Waals surface area (Å²) >= 11 is 1.51. The zero-order valence-corrected chi connectivity index (χ0v) is 25.2. The van der Waals surface area contributed by atoms with Crippen LogP contribution in [0.4, 0.5) is 13.2 Å². The van der Waals surface area contributed by atoms with E-state index in [9.17, 15) is 31.2 Å². The minimum atomic E-state index is -4.60. The third-order valence-electron chi connectivity index (χ3n) is 7.48. The maximum absolute atomic E-state index is 13.4. The van der Waals surface area contributed by atoms with Gasteiger partial charge in [-0.1, -0.05) is 36.4 Å². The second-order valence-corrected chi connectivity index (χ2v) is 13.4. The topological polar surface area (TPSA) is 104 Å². The van der Waals surface area contributed by atoms with Gasteiger partial charge in [0, 0.05) is 29.1 Å².